The van der Waals surface area contributed by atoms with Crippen molar-refractivity contribution in [1.82, 2.24) is 0 Å². The van der Waals surface area contributed by atoms with Crippen molar-refractivity contribution in [2.24, 2.45) is 0 Å². The fourth-order valence-corrected chi connectivity index (χ4v) is 7.56. The molecule has 0 radical (unpaired) electrons. The number of carbonyl (C=O) groups excluding carboxylic acids is 6. The molecule has 6 aromatic carbocycles. The van der Waals surface area contributed by atoms with Crippen molar-refractivity contribution in [3.05, 3.63) is 250 Å². The van der Waals surface area contributed by atoms with Gasteiger partial charge in [0.15, 0.2) is 34.7 Å². The number of rotatable bonds is 12. The van der Waals surface area contributed by atoms with Crippen molar-refractivity contribution < 1.29 is 109 Å². The topological polar surface area (TPSA) is 241 Å². The van der Waals surface area contributed by atoms with Crippen LogP contribution in [-0.4, -0.2) is 34.7 Å². The van der Waals surface area contributed by atoms with Gasteiger partial charge in [-0.3, -0.25) is 28.8 Å². The molecule has 0 aliphatic heterocycles. The minimum Gasteiger partial charge on any atom is -0.875 e. The summed E-state index contributed by atoms with van der Waals surface area (Å²) < 4.78 is 0. The van der Waals surface area contributed by atoms with Gasteiger partial charge in [-0.2, -0.15) is 0 Å². The molecule has 0 N–H and O–H groups in total. The Hall–Kier alpha value is -7.94. The normalized spacial score (nSPS) is 11.7. The summed E-state index contributed by atoms with van der Waals surface area (Å²) >= 11 is 0. The third kappa shape index (κ3) is 28.2. The average Bonchev–Trinajstić information content (AvgIpc) is 3.36. The molecule has 12 nitrogen and oxygen atoms in total. The Bertz CT molecular complexity index is 2570. The van der Waals surface area contributed by atoms with Gasteiger partial charge in [0.25, 0.3) is 0 Å². The summed E-state index contributed by atoms with van der Waals surface area (Å²) in [4.78, 5) is 66.8. The van der Waals surface area contributed by atoms with Crippen molar-refractivity contribution in [2.45, 2.75) is 83.1 Å². The Morgan fingerprint density at radius 1 is 0.198 bits per heavy atom. The minimum absolute atomic E-state index is 0. The summed E-state index contributed by atoms with van der Waals surface area (Å²) in [5.41, 5.74) is 5.85. The third-order valence-corrected chi connectivity index (χ3v) is 10.6. The molecule has 0 amide bonds. The first kappa shape index (κ1) is 77.3. The largest absolute Gasteiger partial charge is 2.00 e. The summed E-state index contributed by atoms with van der Waals surface area (Å²) in [6.45, 7) is 16.9. The molecular weight excluding hydrogens is 1160 g/mol. The molecule has 6 rings (SSSR count). The Balaban J connectivity index is -0.000000895. The molecule has 0 saturated heterocycles. The first-order chi connectivity index (χ1) is 36.8. The van der Waals surface area contributed by atoms with Crippen LogP contribution in [-0.2, 0) is 78.2 Å². The van der Waals surface area contributed by atoms with Gasteiger partial charge in [0.1, 0.15) is 0 Å². The monoisotopic (exact) mass is 1220 g/mol. The second-order valence-corrected chi connectivity index (χ2v) is 17.1. The van der Waals surface area contributed by atoms with E-state index in [2.05, 4.69) is 0 Å². The van der Waals surface area contributed by atoms with Crippen molar-refractivity contribution in [1.29, 1.82) is 0 Å². The molecule has 0 aromatic heterocycles. The summed E-state index contributed by atoms with van der Waals surface area (Å²) in [6, 6.07) is 53.9. The molecule has 0 bridgehead atoms. The molecule has 81 heavy (non-hydrogen) atoms. The first-order valence-electron chi connectivity index (χ1n) is 24.4. The van der Waals surface area contributed by atoms with Crippen molar-refractivity contribution >= 4 is 68.1 Å². The van der Waals surface area contributed by atoms with E-state index < -0.39 is 0 Å². The van der Waals surface area contributed by atoms with Gasteiger partial charge in [0, 0.05) is 33.4 Å². The zero-order chi connectivity index (χ0) is 59.1. The fourth-order valence-electron chi connectivity index (χ4n) is 7.56. The van der Waals surface area contributed by atoms with E-state index in [1.165, 1.54) is 83.1 Å². The van der Waals surface area contributed by atoms with Crippen LogP contribution >= 0.6 is 0 Å². The van der Waals surface area contributed by atoms with Crippen molar-refractivity contribution in [2.75, 3.05) is 0 Å². The SMILES string of the molecule is CC(=O)/C(=C(/C)[O-])c1ccccc1.CC(=O)/C(=C(/C)[O-])c1ccccc1.CC(=O)/C(=C(/C)[O-])c1ccccc1.CC(=O)/C(=C(/C)[O-])c1ccccc1.CC(=O)/C(=C(/C)[O-])c1ccccc1.CC(=O)/C(=C(/C)[O-])c1ccccc1.[Ni+2].[Ni+2].[Ni+2]. The van der Waals surface area contributed by atoms with Crippen LogP contribution in [0.2, 0.25) is 0 Å². The summed E-state index contributed by atoms with van der Waals surface area (Å²) in [7, 11) is 0. The quantitative estimate of drug-likeness (QED) is 0.0640. The summed E-state index contributed by atoms with van der Waals surface area (Å²) in [6.07, 6.45) is 0. The van der Waals surface area contributed by atoms with E-state index in [1.807, 2.05) is 36.4 Å². The summed E-state index contributed by atoms with van der Waals surface area (Å²) in [5, 5.41) is 66.8. The van der Waals surface area contributed by atoms with E-state index in [4.69, 9.17) is 0 Å². The van der Waals surface area contributed by atoms with Gasteiger partial charge in [-0.1, -0.05) is 224 Å². The molecule has 0 aliphatic rings. The van der Waals surface area contributed by atoms with Crippen LogP contribution in [0.3, 0.4) is 0 Å². The molecule has 15 heteroatoms. The van der Waals surface area contributed by atoms with Crippen LogP contribution in [0.15, 0.2) is 217 Å². The van der Waals surface area contributed by atoms with Crippen LogP contribution < -0.4 is 30.6 Å². The van der Waals surface area contributed by atoms with Gasteiger partial charge in [-0.05, 0) is 74.9 Å². The van der Waals surface area contributed by atoms with Crippen LogP contribution in [0, 0.1) is 0 Å². The van der Waals surface area contributed by atoms with E-state index in [9.17, 15) is 59.4 Å². The fraction of sp³-hybridized carbons (Fsp3) is 0.182. The number of allylic oxidation sites excluding steroid dienone is 12. The van der Waals surface area contributed by atoms with Gasteiger partial charge < -0.3 is 30.6 Å². The van der Waals surface area contributed by atoms with Crippen LogP contribution in [0.1, 0.15) is 116 Å². The molecule has 0 aliphatic carbocycles. The Kier molecular flexibility index (Phi) is 39.2. The average molecular weight is 1230 g/mol. The van der Waals surface area contributed by atoms with Gasteiger partial charge in [-0.15, -0.1) is 34.6 Å². The Morgan fingerprint density at radius 2 is 0.284 bits per heavy atom. The number of benzene rings is 6. The van der Waals surface area contributed by atoms with Crippen molar-refractivity contribution in [3.63, 3.8) is 0 Å². The maximum Gasteiger partial charge on any atom is 2.00 e. The molecule has 0 atom stereocenters. The predicted molar refractivity (Wildman–Crippen MR) is 298 cm³/mol. The number of Topliss-reactive ketones (excluding diaryl/α,β-unsaturated/α-hetero) is 6. The van der Waals surface area contributed by atoms with E-state index in [0.29, 0.717) is 33.4 Å². The van der Waals surface area contributed by atoms with Gasteiger partial charge >= 0.3 is 49.5 Å². The molecular formula is C66H66Ni3O12. The van der Waals surface area contributed by atoms with Crippen LogP contribution in [0.5, 0.6) is 0 Å². The third-order valence-electron chi connectivity index (χ3n) is 10.6. The van der Waals surface area contributed by atoms with E-state index in [-0.39, 0.29) is 152 Å². The predicted octanol–water partition coefficient (Wildman–Crippen LogP) is 8.19. The Morgan fingerprint density at radius 3 is 0.346 bits per heavy atom. The molecule has 0 saturated carbocycles. The Labute approximate surface area is 506 Å². The van der Waals surface area contributed by atoms with Gasteiger partial charge in [0.2, 0.25) is 0 Å². The molecule has 0 heterocycles. The zero-order valence-electron chi connectivity index (χ0n) is 47.2. The number of ketones is 6. The zero-order valence-corrected chi connectivity index (χ0v) is 50.1. The molecule has 0 unspecified atom stereocenters. The number of hydrogen-bond acceptors (Lipinski definition) is 12. The standard InChI is InChI=1S/6C11H12O2.3Ni/c6*1-8(12)11(9(2)13)10-6-4-3-5-7-10;;;/h6*3-7,12H,1-2H3;;;/q;;;;;;3*+2/p-6/b6*11-8+;;;. The van der Waals surface area contributed by atoms with E-state index in [0.717, 1.165) is 0 Å². The number of hydrogen-bond donors (Lipinski definition) is 0. The van der Waals surface area contributed by atoms with Gasteiger partial charge in [-0.25, -0.2) is 0 Å². The smallest absolute Gasteiger partial charge is 0.875 e. The molecule has 0 fully saturated rings. The second kappa shape index (κ2) is 41.1. The summed E-state index contributed by atoms with van der Waals surface area (Å²) in [5.74, 6) is -2.18. The number of carbonyl (C=O) groups is 6. The van der Waals surface area contributed by atoms with E-state index in [1.54, 1.807) is 146 Å². The minimum atomic E-state index is -0.182. The molecule has 432 valence electrons. The van der Waals surface area contributed by atoms with Gasteiger partial charge in [0.05, 0.1) is 0 Å². The van der Waals surface area contributed by atoms with Crippen LogP contribution in [0.4, 0.5) is 0 Å². The maximum absolute atomic E-state index is 11.1. The van der Waals surface area contributed by atoms with Crippen LogP contribution in [0.25, 0.3) is 33.4 Å². The maximum atomic E-state index is 11.1. The second-order valence-electron chi connectivity index (χ2n) is 17.1. The van der Waals surface area contributed by atoms with Crippen molar-refractivity contribution in [3.8, 4) is 0 Å². The molecule has 0 spiro atoms. The first-order valence-corrected chi connectivity index (χ1v) is 24.4. The van der Waals surface area contributed by atoms with E-state index >= 15 is 0 Å². The molecule has 6 aromatic rings.